The van der Waals surface area contributed by atoms with E-state index in [0.717, 1.165) is 0 Å². The van der Waals surface area contributed by atoms with Crippen molar-refractivity contribution in [3.63, 3.8) is 0 Å². The second-order valence-electron chi connectivity index (χ2n) is 7.04. The minimum absolute atomic E-state index is 0.0329. The SMILES string of the molecule is COc1ccc([C@]2(O)c3cc4c(cc3C(=O)[C@@]2(C)C(C)=O)OCO4)cc1OC. The number of ether oxygens (including phenoxy) is 4. The maximum atomic E-state index is 13.3. The molecular weight excluding hydrogens is 364 g/mol. The minimum Gasteiger partial charge on any atom is -0.493 e. The maximum absolute atomic E-state index is 13.3. The van der Waals surface area contributed by atoms with Gasteiger partial charge < -0.3 is 24.1 Å². The molecule has 0 radical (unpaired) electrons. The first-order valence-corrected chi connectivity index (χ1v) is 8.73. The van der Waals surface area contributed by atoms with Crippen molar-refractivity contribution in [2.24, 2.45) is 5.41 Å². The Labute approximate surface area is 161 Å². The van der Waals surface area contributed by atoms with E-state index in [0.29, 0.717) is 34.1 Å². The number of rotatable bonds is 4. The second kappa shape index (κ2) is 5.97. The zero-order chi connectivity index (χ0) is 20.3. The molecule has 1 N–H and O–H groups in total. The van der Waals surface area contributed by atoms with Crippen LogP contribution >= 0.6 is 0 Å². The third-order valence-corrected chi connectivity index (χ3v) is 5.83. The summed E-state index contributed by atoms with van der Waals surface area (Å²) in [5.74, 6) is 0.752. The molecule has 7 heteroatoms. The number of hydrogen-bond donors (Lipinski definition) is 1. The Morgan fingerprint density at radius 2 is 1.71 bits per heavy atom. The summed E-state index contributed by atoms with van der Waals surface area (Å²) in [6, 6.07) is 7.92. The number of ketones is 2. The van der Waals surface area contributed by atoms with Crippen LogP contribution in [0.3, 0.4) is 0 Å². The van der Waals surface area contributed by atoms with E-state index in [-0.39, 0.29) is 12.4 Å². The highest BCUT2D eigenvalue weighted by Gasteiger charge is 2.64. The summed E-state index contributed by atoms with van der Waals surface area (Å²) in [5.41, 5.74) is -2.75. The number of aliphatic hydroxyl groups is 1. The van der Waals surface area contributed by atoms with Crippen molar-refractivity contribution in [3.05, 3.63) is 47.0 Å². The molecular formula is C21H20O7. The Hall–Kier alpha value is -3.06. The number of benzene rings is 2. The Balaban J connectivity index is 2.03. The first-order chi connectivity index (χ1) is 13.3. The third-order valence-electron chi connectivity index (χ3n) is 5.83. The van der Waals surface area contributed by atoms with Crippen LogP contribution in [0.25, 0.3) is 0 Å². The van der Waals surface area contributed by atoms with Crippen LogP contribution in [0.15, 0.2) is 30.3 Å². The van der Waals surface area contributed by atoms with E-state index < -0.39 is 22.6 Å². The van der Waals surface area contributed by atoms with Gasteiger partial charge in [-0.1, -0.05) is 6.07 Å². The lowest BCUT2D eigenvalue weighted by Gasteiger charge is -2.37. The molecule has 2 aromatic carbocycles. The Kier molecular flexibility index (Phi) is 3.90. The normalized spacial score (nSPS) is 24.8. The van der Waals surface area contributed by atoms with Crippen molar-refractivity contribution < 1.29 is 33.6 Å². The van der Waals surface area contributed by atoms with Crippen molar-refractivity contribution in [2.75, 3.05) is 21.0 Å². The molecule has 1 heterocycles. The Morgan fingerprint density at radius 1 is 1.07 bits per heavy atom. The molecule has 0 saturated carbocycles. The number of fused-ring (bicyclic) bond motifs is 2. The molecule has 0 bridgehead atoms. The highest BCUT2D eigenvalue weighted by Crippen LogP contribution is 2.57. The Morgan fingerprint density at radius 3 is 2.32 bits per heavy atom. The molecule has 2 aromatic rings. The molecule has 7 nitrogen and oxygen atoms in total. The molecule has 28 heavy (non-hydrogen) atoms. The van der Waals surface area contributed by atoms with Crippen molar-refractivity contribution >= 4 is 11.6 Å². The summed E-state index contributed by atoms with van der Waals surface area (Å²) in [4.78, 5) is 26.0. The predicted octanol–water partition coefficient (Wildman–Crippen LogP) is 2.46. The summed E-state index contributed by atoms with van der Waals surface area (Å²) < 4.78 is 21.4. The monoisotopic (exact) mass is 384 g/mol. The molecule has 0 saturated heterocycles. The van der Waals surface area contributed by atoms with Crippen LogP contribution in [-0.4, -0.2) is 37.7 Å². The largest absolute Gasteiger partial charge is 0.493 e. The summed E-state index contributed by atoms with van der Waals surface area (Å²) in [6.07, 6.45) is 0. The van der Waals surface area contributed by atoms with Gasteiger partial charge in [0.1, 0.15) is 16.8 Å². The molecule has 1 aliphatic carbocycles. The number of hydrogen-bond acceptors (Lipinski definition) is 7. The predicted molar refractivity (Wildman–Crippen MR) is 98.2 cm³/mol. The maximum Gasteiger partial charge on any atom is 0.231 e. The van der Waals surface area contributed by atoms with E-state index in [1.165, 1.54) is 34.1 Å². The third kappa shape index (κ3) is 2.08. The molecule has 1 aliphatic heterocycles. The van der Waals surface area contributed by atoms with Crippen molar-refractivity contribution in [2.45, 2.75) is 19.4 Å². The zero-order valence-corrected chi connectivity index (χ0v) is 16.0. The molecule has 0 amide bonds. The molecule has 4 rings (SSSR count). The average Bonchev–Trinajstić information content (AvgIpc) is 3.23. The fourth-order valence-corrected chi connectivity index (χ4v) is 4.05. The van der Waals surface area contributed by atoms with Gasteiger partial charge in [-0.05, 0) is 43.7 Å². The van der Waals surface area contributed by atoms with Gasteiger partial charge in [-0.25, -0.2) is 0 Å². The van der Waals surface area contributed by atoms with E-state index in [9.17, 15) is 14.7 Å². The molecule has 2 aliphatic rings. The van der Waals surface area contributed by atoms with Crippen molar-refractivity contribution in [1.29, 1.82) is 0 Å². The molecule has 0 spiro atoms. The van der Waals surface area contributed by atoms with Crippen LogP contribution in [0.5, 0.6) is 23.0 Å². The molecule has 2 atom stereocenters. The first kappa shape index (κ1) is 18.3. The molecule has 0 fully saturated rings. The Bertz CT molecular complexity index is 1010. The topological polar surface area (TPSA) is 91.3 Å². The van der Waals surface area contributed by atoms with E-state index in [1.807, 2.05) is 0 Å². The quantitative estimate of drug-likeness (QED) is 0.810. The molecule has 0 unspecified atom stereocenters. The van der Waals surface area contributed by atoms with E-state index in [4.69, 9.17) is 18.9 Å². The van der Waals surface area contributed by atoms with Gasteiger partial charge in [-0.15, -0.1) is 0 Å². The van der Waals surface area contributed by atoms with Gasteiger partial charge in [-0.3, -0.25) is 9.59 Å². The van der Waals surface area contributed by atoms with Crippen LogP contribution in [-0.2, 0) is 10.4 Å². The molecule has 0 aromatic heterocycles. The fourth-order valence-electron chi connectivity index (χ4n) is 4.05. The highest BCUT2D eigenvalue weighted by molar-refractivity contribution is 6.19. The number of methoxy groups -OCH3 is 2. The minimum atomic E-state index is -1.91. The summed E-state index contributed by atoms with van der Waals surface area (Å²) in [5, 5.41) is 12.0. The summed E-state index contributed by atoms with van der Waals surface area (Å²) >= 11 is 0. The van der Waals surface area contributed by atoms with E-state index >= 15 is 0 Å². The van der Waals surface area contributed by atoms with Crippen LogP contribution in [0.2, 0.25) is 0 Å². The van der Waals surface area contributed by atoms with Gasteiger partial charge >= 0.3 is 0 Å². The van der Waals surface area contributed by atoms with Crippen molar-refractivity contribution in [3.8, 4) is 23.0 Å². The lowest BCUT2D eigenvalue weighted by atomic mass is 9.67. The van der Waals surface area contributed by atoms with E-state index in [1.54, 1.807) is 24.3 Å². The molecule has 146 valence electrons. The second-order valence-corrected chi connectivity index (χ2v) is 7.04. The number of carbonyl (C=O) groups excluding carboxylic acids is 2. The standard InChI is InChI=1S/C21H20O7/c1-11(22)20(2)19(23)13-8-17-18(28-10-27-17)9-14(13)21(20,24)12-5-6-15(25-3)16(7-12)26-4/h5-9,24H,10H2,1-4H3/t20-,21+/m1/s1. The van der Waals surface area contributed by atoms with Crippen LogP contribution < -0.4 is 18.9 Å². The van der Waals surface area contributed by atoms with Crippen molar-refractivity contribution in [1.82, 2.24) is 0 Å². The first-order valence-electron chi connectivity index (χ1n) is 8.73. The van der Waals surface area contributed by atoms with Crippen LogP contribution in [0.4, 0.5) is 0 Å². The van der Waals surface area contributed by atoms with Gasteiger partial charge in [0, 0.05) is 11.1 Å². The van der Waals surface area contributed by atoms with Gasteiger partial charge in [0.2, 0.25) is 6.79 Å². The number of carbonyl (C=O) groups is 2. The lowest BCUT2D eigenvalue weighted by Crippen LogP contribution is -2.49. The van der Waals surface area contributed by atoms with Crippen LogP contribution in [0.1, 0.15) is 35.3 Å². The van der Waals surface area contributed by atoms with Crippen LogP contribution in [0, 0.1) is 5.41 Å². The highest BCUT2D eigenvalue weighted by atomic mass is 16.7. The number of Topliss-reactive ketones (excluding diaryl/α,β-unsaturated/α-hetero) is 2. The summed E-state index contributed by atoms with van der Waals surface area (Å²) in [7, 11) is 2.97. The average molecular weight is 384 g/mol. The lowest BCUT2D eigenvalue weighted by molar-refractivity contribution is -0.133. The van der Waals surface area contributed by atoms with Gasteiger partial charge in [0.05, 0.1) is 14.2 Å². The summed E-state index contributed by atoms with van der Waals surface area (Å²) in [6.45, 7) is 2.79. The van der Waals surface area contributed by atoms with E-state index in [2.05, 4.69) is 0 Å². The zero-order valence-electron chi connectivity index (χ0n) is 16.0. The smallest absolute Gasteiger partial charge is 0.231 e. The van der Waals surface area contributed by atoms with Gasteiger partial charge in [-0.2, -0.15) is 0 Å². The van der Waals surface area contributed by atoms with Gasteiger partial charge in [0.15, 0.2) is 28.8 Å². The fraction of sp³-hybridized carbons (Fsp3) is 0.333. The van der Waals surface area contributed by atoms with Gasteiger partial charge in [0.25, 0.3) is 0 Å².